The van der Waals surface area contributed by atoms with Gasteiger partial charge in [-0.05, 0) is 37.1 Å². The molecule has 0 spiro atoms. The van der Waals surface area contributed by atoms with Crippen molar-refractivity contribution in [1.82, 2.24) is 5.32 Å². The lowest BCUT2D eigenvalue weighted by molar-refractivity contribution is -0.139. The van der Waals surface area contributed by atoms with E-state index in [1.54, 1.807) is 24.3 Å². The number of nitrogens with one attached hydrogen (secondary N) is 1. The van der Waals surface area contributed by atoms with Gasteiger partial charge in [0.05, 0.1) is 0 Å². The lowest BCUT2D eigenvalue weighted by Gasteiger charge is -2.14. The molecule has 1 aromatic carbocycles. The van der Waals surface area contributed by atoms with Gasteiger partial charge in [0, 0.05) is 1.37 Å². The van der Waals surface area contributed by atoms with Gasteiger partial charge in [-0.15, -0.1) is 0 Å². The average Bonchev–Trinajstić information content (AvgIpc) is 2.35. The van der Waals surface area contributed by atoms with E-state index in [0.717, 1.165) is 18.4 Å². The van der Waals surface area contributed by atoms with Crippen molar-refractivity contribution < 1.29 is 16.4 Å². The van der Waals surface area contributed by atoms with E-state index in [9.17, 15) is 4.79 Å². The molecule has 0 saturated carbocycles. The fourth-order valence-corrected chi connectivity index (χ4v) is 1.52. The number of carbonyl (C=O) groups is 1. The van der Waals surface area contributed by atoms with E-state index < -0.39 is 12.0 Å². The monoisotopic (exact) mass is 238 g/mol. The van der Waals surface area contributed by atoms with Crippen LogP contribution in [0.15, 0.2) is 24.3 Å². The summed E-state index contributed by atoms with van der Waals surface area (Å²) in [6.45, 7) is 0.977. The van der Waals surface area contributed by atoms with Gasteiger partial charge in [-0.2, -0.15) is 0 Å². The van der Waals surface area contributed by atoms with E-state index >= 15 is 0 Å². The van der Waals surface area contributed by atoms with Crippen LogP contribution in [-0.4, -0.2) is 28.8 Å². The van der Waals surface area contributed by atoms with Crippen LogP contribution >= 0.6 is 0 Å². The SMILES string of the molecule is [2H]CCCCN[C@@H](Cc1ccc(O)cc1)C(=O)O. The molecule has 1 rings (SSSR count). The van der Waals surface area contributed by atoms with Crippen LogP contribution in [0.3, 0.4) is 0 Å². The van der Waals surface area contributed by atoms with Gasteiger partial charge in [0.15, 0.2) is 0 Å². The Kier molecular flexibility index (Phi) is 4.85. The lowest BCUT2D eigenvalue weighted by atomic mass is 10.1. The second-order valence-electron chi connectivity index (χ2n) is 3.92. The molecule has 1 atom stereocenters. The summed E-state index contributed by atoms with van der Waals surface area (Å²) in [5.41, 5.74) is 0.869. The number of rotatable bonds is 7. The van der Waals surface area contributed by atoms with Crippen LogP contribution in [0.4, 0.5) is 0 Å². The van der Waals surface area contributed by atoms with Gasteiger partial charge < -0.3 is 15.5 Å². The van der Waals surface area contributed by atoms with Gasteiger partial charge in [-0.3, -0.25) is 4.79 Å². The molecule has 0 aliphatic carbocycles. The minimum absolute atomic E-state index is 0.175. The van der Waals surface area contributed by atoms with E-state index in [2.05, 4.69) is 5.32 Å². The summed E-state index contributed by atoms with van der Waals surface area (Å²) in [6.07, 6.45) is 1.97. The Hall–Kier alpha value is -1.55. The van der Waals surface area contributed by atoms with E-state index in [1.165, 1.54) is 0 Å². The van der Waals surface area contributed by atoms with Crippen molar-refractivity contribution in [3.63, 3.8) is 0 Å². The molecular weight excluding hydrogens is 218 g/mol. The van der Waals surface area contributed by atoms with Crippen molar-refractivity contribution in [3.05, 3.63) is 29.8 Å². The summed E-state index contributed by atoms with van der Waals surface area (Å²) in [6, 6.07) is 5.91. The number of aliphatic carboxylic acids is 1. The first kappa shape index (κ1) is 11.9. The molecule has 0 bridgehead atoms. The van der Waals surface area contributed by atoms with Crippen molar-refractivity contribution in [2.24, 2.45) is 0 Å². The Morgan fingerprint density at radius 1 is 1.47 bits per heavy atom. The Bertz CT molecular complexity index is 367. The predicted molar refractivity (Wildman–Crippen MR) is 66.1 cm³/mol. The minimum Gasteiger partial charge on any atom is -0.508 e. The maximum absolute atomic E-state index is 11.1. The van der Waals surface area contributed by atoms with Crippen LogP contribution in [0.2, 0.25) is 0 Å². The first-order valence-corrected chi connectivity index (χ1v) is 5.67. The van der Waals surface area contributed by atoms with Crippen LogP contribution in [0.5, 0.6) is 5.75 Å². The van der Waals surface area contributed by atoms with Crippen molar-refractivity contribution in [2.75, 3.05) is 6.54 Å². The van der Waals surface area contributed by atoms with Crippen molar-refractivity contribution in [3.8, 4) is 5.75 Å². The molecule has 0 fully saturated rings. The second-order valence-corrected chi connectivity index (χ2v) is 3.92. The Morgan fingerprint density at radius 3 is 2.76 bits per heavy atom. The zero-order chi connectivity index (χ0) is 13.4. The fraction of sp³-hybridized carbons (Fsp3) is 0.462. The molecule has 0 amide bonds. The number of carboxylic acids is 1. The van der Waals surface area contributed by atoms with E-state index in [-0.39, 0.29) is 5.75 Å². The van der Waals surface area contributed by atoms with Gasteiger partial charge >= 0.3 is 5.97 Å². The summed E-state index contributed by atoms with van der Waals surface area (Å²) in [4.78, 5) is 11.1. The quantitative estimate of drug-likeness (QED) is 0.633. The summed E-state index contributed by atoms with van der Waals surface area (Å²) < 4.78 is 7.00. The summed E-state index contributed by atoms with van der Waals surface area (Å²) >= 11 is 0. The zero-order valence-electron chi connectivity index (χ0n) is 10.7. The highest BCUT2D eigenvalue weighted by atomic mass is 16.4. The summed E-state index contributed by atoms with van der Waals surface area (Å²) in [7, 11) is 0. The van der Waals surface area contributed by atoms with Crippen molar-refractivity contribution in [2.45, 2.75) is 32.2 Å². The average molecular weight is 238 g/mol. The Balaban J connectivity index is 2.47. The molecule has 0 aliphatic heterocycles. The maximum Gasteiger partial charge on any atom is 0.321 e. The molecule has 3 N–H and O–H groups in total. The third-order valence-electron chi connectivity index (χ3n) is 2.49. The second kappa shape index (κ2) is 6.91. The van der Waals surface area contributed by atoms with Gasteiger partial charge in [0.25, 0.3) is 0 Å². The highest BCUT2D eigenvalue weighted by Crippen LogP contribution is 2.11. The largest absolute Gasteiger partial charge is 0.508 e. The number of hydrogen-bond acceptors (Lipinski definition) is 3. The normalized spacial score (nSPS) is 13.1. The van der Waals surface area contributed by atoms with Gasteiger partial charge in [-0.25, -0.2) is 0 Å². The standard InChI is InChI=1S/C13H19NO3/c1-2-3-8-14-12(13(16)17)9-10-4-6-11(15)7-5-10/h4-7,12,14-15H,2-3,8-9H2,1H3,(H,16,17)/t12-/m0/s1/i1D. The summed E-state index contributed by atoms with van der Waals surface area (Å²) in [5.74, 6) is -0.706. The highest BCUT2D eigenvalue weighted by Gasteiger charge is 2.16. The smallest absolute Gasteiger partial charge is 0.321 e. The molecule has 0 radical (unpaired) electrons. The topological polar surface area (TPSA) is 69.6 Å². The van der Waals surface area contributed by atoms with Crippen molar-refractivity contribution in [1.29, 1.82) is 0 Å². The molecular formula is C13H19NO3. The van der Waals surface area contributed by atoms with Crippen molar-refractivity contribution >= 4 is 5.97 Å². The van der Waals surface area contributed by atoms with E-state index in [1.807, 2.05) is 0 Å². The highest BCUT2D eigenvalue weighted by molar-refractivity contribution is 5.73. The lowest BCUT2D eigenvalue weighted by Crippen LogP contribution is -2.39. The third-order valence-corrected chi connectivity index (χ3v) is 2.49. The number of phenols is 1. The number of phenolic OH excluding ortho intramolecular Hbond substituents is 1. The molecule has 4 heteroatoms. The number of unbranched alkanes of at least 4 members (excludes halogenated alkanes) is 1. The van der Waals surface area contributed by atoms with Crippen LogP contribution in [-0.2, 0) is 11.2 Å². The van der Waals surface area contributed by atoms with Crippen LogP contribution in [0.1, 0.15) is 26.7 Å². The Labute approximate surface area is 103 Å². The molecule has 17 heavy (non-hydrogen) atoms. The molecule has 1 aromatic rings. The first-order chi connectivity index (χ1) is 8.63. The Morgan fingerprint density at radius 2 is 2.18 bits per heavy atom. The van der Waals surface area contributed by atoms with E-state index in [4.69, 9.17) is 11.6 Å². The molecule has 0 aliphatic rings. The minimum atomic E-state index is -0.881. The number of hydrogen-bond donors (Lipinski definition) is 3. The number of aromatic hydroxyl groups is 1. The van der Waals surface area contributed by atoms with Gasteiger partial charge in [-0.1, -0.05) is 25.5 Å². The first-order valence-electron chi connectivity index (χ1n) is 6.37. The summed E-state index contributed by atoms with van der Waals surface area (Å²) in [5, 5.41) is 21.2. The molecule has 94 valence electrons. The molecule has 0 heterocycles. The molecule has 0 saturated heterocycles. The molecule has 0 aromatic heterocycles. The predicted octanol–water partition coefficient (Wildman–Crippen LogP) is 1.78. The van der Waals surface area contributed by atoms with Gasteiger partial charge in [0.2, 0.25) is 0 Å². The third kappa shape index (κ3) is 4.87. The van der Waals surface area contributed by atoms with Crippen LogP contribution in [0, 0.1) is 0 Å². The van der Waals surface area contributed by atoms with E-state index in [0.29, 0.717) is 19.9 Å². The maximum atomic E-state index is 11.1. The molecule has 0 unspecified atom stereocenters. The fourth-order valence-electron chi connectivity index (χ4n) is 1.52. The molecule has 4 nitrogen and oxygen atoms in total. The van der Waals surface area contributed by atoms with Gasteiger partial charge in [0.1, 0.15) is 11.8 Å². The number of benzene rings is 1. The number of carboxylic acid groups (broad SMARTS) is 1. The van der Waals surface area contributed by atoms with Crippen LogP contribution in [0.25, 0.3) is 0 Å². The zero-order valence-corrected chi connectivity index (χ0v) is 9.72. The van der Waals surface area contributed by atoms with Crippen LogP contribution < -0.4 is 5.32 Å².